The number of hydrogen-bond donors (Lipinski definition) is 3. The molecule has 3 unspecified atom stereocenters. The Morgan fingerprint density at radius 2 is 2.12 bits per heavy atom. The van der Waals surface area contributed by atoms with Crippen molar-refractivity contribution in [3.63, 3.8) is 0 Å². The maximum atomic E-state index is 13.2. The number of aromatic nitrogens is 1. The molecule has 5 atom stereocenters. The van der Waals surface area contributed by atoms with Crippen molar-refractivity contribution in [2.24, 2.45) is 11.8 Å². The van der Waals surface area contributed by atoms with Crippen LogP contribution in [0.5, 0.6) is 0 Å². The van der Waals surface area contributed by atoms with Crippen LogP contribution in [0.3, 0.4) is 0 Å². The van der Waals surface area contributed by atoms with E-state index in [0.29, 0.717) is 19.3 Å². The summed E-state index contributed by atoms with van der Waals surface area (Å²) in [5.74, 6) is -3.75. The van der Waals surface area contributed by atoms with Gasteiger partial charge in [0.25, 0.3) is 0 Å². The number of aryl methyl sites for hydroxylation is 1. The zero-order valence-electron chi connectivity index (χ0n) is 19.0. The van der Waals surface area contributed by atoms with E-state index in [-0.39, 0.29) is 37.9 Å². The molecule has 0 aromatic carbocycles. The van der Waals surface area contributed by atoms with Crippen LogP contribution in [-0.4, -0.2) is 65.2 Å². The molecule has 10 heteroatoms. The highest BCUT2D eigenvalue weighted by molar-refractivity contribution is 5.92. The van der Waals surface area contributed by atoms with Gasteiger partial charge >= 0.3 is 5.97 Å². The molecule has 0 fully saturated rings. The molecule has 1 aromatic rings. The van der Waals surface area contributed by atoms with Gasteiger partial charge in [-0.1, -0.05) is 20.3 Å². The molecular formula is C23H32FN3O6. The van der Waals surface area contributed by atoms with Crippen LogP contribution in [0.15, 0.2) is 12.3 Å². The second-order valence-electron chi connectivity index (χ2n) is 8.89. The number of ether oxygens (including phenoxy) is 1. The minimum absolute atomic E-state index is 0.0923. The first-order chi connectivity index (χ1) is 15.8. The van der Waals surface area contributed by atoms with E-state index in [4.69, 9.17) is 4.74 Å². The molecule has 1 aromatic heterocycles. The van der Waals surface area contributed by atoms with Gasteiger partial charge < -0.3 is 25.0 Å². The molecule has 0 saturated carbocycles. The predicted octanol–water partition coefficient (Wildman–Crippen LogP) is 1.19. The first-order valence-corrected chi connectivity index (χ1v) is 11.4. The average Bonchev–Trinajstić information content (AvgIpc) is 3.11. The molecule has 0 radical (unpaired) electrons. The third kappa shape index (κ3) is 5.61. The van der Waals surface area contributed by atoms with Gasteiger partial charge in [0.05, 0.1) is 18.4 Å². The fourth-order valence-corrected chi connectivity index (χ4v) is 4.73. The number of carbonyl (C=O) groups is 4. The van der Waals surface area contributed by atoms with Gasteiger partial charge in [0.1, 0.15) is 25.1 Å². The molecular weight excluding hydrogens is 433 g/mol. The van der Waals surface area contributed by atoms with Gasteiger partial charge in [-0.05, 0) is 30.4 Å². The smallest absolute Gasteiger partial charge is 0.308 e. The Morgan fingerprint density at radius 3 is 2.79 bits per heavy atom. The van der Waals surface area contributed by atoms with Crippen molar-refractivity contribution >= 4 is 23.6 Å². The Bertz CT molecular complexity index is 901. The van der Waals surface area contributed by atoms with Crippen molar-refractivity contribution < 1.29 is 33.4 Å². The fraction of sp³-hybridized carbons (Fsp3) is 0.652. The topological polar surface area (TPSA) is 127 Å². The lowest BCUT2D eigenvalue weighted by Gasteiger charge is -2.34. The number of hydrogen-bond acceptors (Lipinski definition) is 5. The van der Waals surface area contributed by atoms with Gasteiger partial charge in [-0.3, -0.25) is 19.2 Å². The van der Waals surface area contributed by atoms with Gasteiger partial charge in [-0.2, -0.15) is 0 Å². The van der Waals surface area contributed by atoms with Gasteiger partial charge in [-0.15, -0.1) is 0 Å². The number of carboxylic acids is 1. The van der Waals surface area contributed by atoms with Crippen molar-refractivity contribution in [3.8, 4) is 0 Å². The Balaban J connectivity index is 1.77. The maximum Gasteiger partial charge on any atom is 0.308 e. The van der Waals surface area contributed by atoms with Crippen LogP contribution in [0.4, 0.5) is 4.39 Å². The number of amides is 2. The summed E-state index contributed by atoms with van der Waals surface area (Å²) in [6.45, 7) is 2.72. The molecule has 3 N–H and O–H groups in total. The lowest BCUT2D eigenvalue weighted by Crippen LogP contribution is -2.55. The number of alkyl halides is 1. The summed E-state index contributed by atoms with van der Waals surface area (Å²) in [6.07, 6.45) is 3.55. The van der Waals surface area contributed by atoms with Crippen LogP contribution in [0.2, 0.25) is 0 Å². The van der Waals surface area contributed by atoms with Crippen LogP contribution < -0.4 is 10.6 Å². The lowest BCUT2D eigenvalue weighted by molar-refractivity contribution is -0.144. The summed E-state index contributed by atoms with van der Waals surface area (Å²) >= 11 is 0. The third-order valence-corrected chi connectivity index (χ3v) is 6.67. The Labute approximate surface area is 192 Å². The molecule has 2 amide bonds. The summed E-state index contributed by atoms with van der Waals surface area (Å²) < 4.78 is 19.0. The molecule has 3 rings (SSSR count). The van der Waals surface area contributed by atoms with Crippen LogP contribution in [-0.2, 0) is 36.9 Å². The van der Waals surface area contributed by atoms with Crippen molar-refractivity contribution in [3.05, 3.63) is 23.5 Å². The number of carboxylic acid groups (broad SMARTS) is 1. The zero-order valence-corrected chi connectivity index (χ0v) is 19.0. The summed E-state index contributed by atoms with van der Waals surface area (Å²) in [4.78, 5) is 50.2. The quantitative estimate of drug-likeness (QED) is 0.446. The van der Waals surface area contributed by atoms with E-state index in [1.807, 2.05) is 30.7 Å². The van der Waals surface area contributed by atoms with Crippen molar-refractivity contribution in [1.29, 1.82) is 0 Å². The van der Waals surface area contributed by atoms with E-state index in [9.17, 15) is 28.7 Å². The van der Waals surface area contributed by atoms with E-state index < -0.39 is 48.4 Å². The number of nitrogens with zero attached hydrogens (tertiary/aromatic N) is 1. The summed E-state index contributed by atoms with van der Waals surface area (Å²) in [5.41, 5.74) is 1.78. The highest BCUT2D eigenvalue weighted by Crippen LogP contribution is 2.38. The van der Waals surface area contributed by atoms with Crippen molar-refractivity contribution in [2.45, 2.75) is 64.1 Å². The number of rotatable bonds is 10. The predicted molar refractivity (Wildman–Crippen MR) is 116 cm³/mol. The molecule has 2 heterocycles. The monoisotopic (exact) mass is 465 g/mol. The van der Waals surface area contributed by atoms with E-state index in [2.05, 4.69) is 10.6 Å². The van der Waals surface area contributed by atoms with Gasteiger partial charge in [-0.25, -0.2) is 4.39 Å². The van der Waals surface area contributed by atoms with Crippen LogP contribution in [0.1, 0.15) is 50.3 Å². The Morgan fingerprint density at radius 1 is 1.36 bits per heavy atom. The number of ketones is 1. The second kappa shape index (κ2) is 10.9. The average molecular weight is 466 g/mol. The van der Waals surface area contributed by atoms with Crippen molar-refractivity contribution in [2.75, 3.05) is 19.9 Å². The molecule has 9 nitrogen and oxygen atoms in total. The summed E-state index contributed by atoms with van der Waals surface area (Å²) in [6, 6.07) is 0.583. The van der Waals surface area contributed by atoms with E-state index in [1.54, 1.807) is 0 Å². The molecule has 0 saturated heterocycles. The molecule has 0 bridgehead atoms. The maximum absolute atomic E-state index is 13.2. The number of carbonyl (C=O) groups excluding carboxylic acids is 3. The number of aliphatic carboxylic acids is 1. The van der Waals surface area contributed by atoms with Gasteiger partial charge in [0.15, 0.2) is 0 Å². The normalized spacial score (nSPS) is 23.7. The molecule has 182 valence electrons. The van der Waals surface area contributed by atoms with Crippen LogP contribution in [0.25, 0.3) is 0 Å². The molecule has 1 aliphatic heterocycles. The molecule has 2 aliphatic rings. The van der Waals surface area contributed by atoms with Gasteiger partial charge in [0.2, 0.25) is 11.8 Å². The number of halogens is 1. The second-order valence-corrected chi connectivity index (χ2v) is 8.89. The SMILES string of the molecule is CCC(C)C(NC(=O)COCCF)C(=O)N[C@H]1CCc2ccn3c2C1C(=O)C[C@H](C(=O)O)C3. The minimum atomic E-state index is -1.01. The Hall–Kier alpha value is -2.75. The van der Waals surface area contributed by atoms with Crippen LogP contribution >= 0.6 is 0 Å². The molecule has 0 spiro atoms. The van der Waals surface area contributed by atoms with Crippen LogP contribution in [0, 0.1) is 11.8 Å². The first-order valence-electron chi connectivity index (χ1n) is 11.4. The number of Topliss-reactive ketones (excluding diaryl/α,β-unsaturated/α-hetero) is 1. The van der Waals surface area contributed by atoms with E-state index >= 15 is 0 Å². The van der Waals surface area contributed by atoms with E-state index in [1.165, 1.54) is 0 Å². The Kier molecular flexibility index (Phi) is 8.23. The zero-order chi connectivity index (χ0) is 24.1. The largest absolute Gasteiger partial charge is 0.481 e. The van der Waals surface area contributed by atoms with Crippen molar-refractivity contribution in [1.82, 2.24) is 15.2 Å². The summed E-state index contributed by atoms with van der Waals surface area (Å²) in [7, 11) is 0. The highest BCUT2D eigenvalue weighted by atomic mass is 19.1. The standard InChI is InChI=1S/C23H32FN3O6/c1-3-13(2)20(26-18(29)12-33-9-7-24)22(30)25-16-5-4-14-6-8-27-11-15(23(31)32)10-17(28)19(16)21(14)27/h6,8,13,15-16,19-20H,3-5,7,9-12H2,1-2H3,(H,25,30)(H,26,29)(H,31,32)/t13?,15-,16-,19?,20?/m0/s1. The van der Waals surface area contributed by atoms with Gasteiger partial charge in [0, 0.05) is 30.9 Å². The summed E-state index contributed by atoms with van der Waals surface area (Å²) in [5, 5.41) is 15.1. The molecule has 1 aliphatic carbocycles. The molecule has 33 heavy (non-hydrogen) atoms. The fourth-order valence-electron chi connectivity index (χ4n) is 4.73. The lowest BCUT2D eigenvalue weighted by atomic mass is 9.79. The minimum Gasteiger partial charge on any atom is -0.481 e. The van der Waals surface area contributed by atoms with E-state index in [0.717, 1.165) is 11.3 Å². The third-order valence-electron chi connectivity index (χ3n) is 6.67. The number of nitrogens with one attached hydrogen (secondary N) is 2. The highest BCUT2D eigenvalue weighted by Gasteiger charge is 2.43. The first kappa shape index (κ1) is 24.9.